The fourth-order valence-corrected chi connectivity index (χ4v) is 4.57. The summed E-state index contributed by atoms with van der Waals surface area (Å²) in [5.41, 5.74) is 0.877. The van der Waals surface area contributed by atoms with Gasteiger partial charge in [0.15, 0.2) is 0 Å². The van der Waals surface area contributed by atoms with Crippen LogP contribution in [0.4, 0.5) is 4.39 Å². The van der Waals surface area contributed by atoms with E-state index in [2.05, 4.69) is 29.0 Å². The Morgan fingerprint density at radius 1 is 1.07 bits per heavy atom. The largest absolute Gasteiger partial charge is 0.351 e. The maximum absolute atomic E-state index is 13.0. The average molecular weight is 419 g/mol. The van der Waals surface area contributed by atoms with Crippen LogP contribution in [0, 0.1) is 17.7 Å². The number of likely N-dealkylation sites (tertiary alicyclic amines) is 1. The molecule has 1 aromatic carbocycles. The Morgan fingerprint density at radius 2 is 1.67 bits per heavy atom. The molecule has 2 aliphatic rings. The van der Waals surface area contributed by atoms with Crippen LogP contribution in [0.1, 0.15) is 32.8 Å². The highest BCUT2D eigenvalue weighted by atomic mass is 19.1. The van der Waals surface area contributed by atoms with Gasteiger partial charge in [0.05, 0.1) is 12.6 Å². The van der Waals surface area contributed by atoms with Crippen molar-refractivity contribution >= 4 is 11.8 Å². The zero-order valence-electron chi connectivity index (χ0n) is 18.4. The summed E-state index contributed by atoms with van der Waals surface area (Å²) in [4.78, 5) is 31.6. The van der Waals surface area contributed by atoms with E-state index in [0.29, 0.717) is 24.9 Å². The van der Waals surface area contributed by atoms with Crippen molar-refractivity contribution in [2.75, 3.05) is 45.8 Å². The molecule has 7 heteroatoms. The van der Waals surface area contributed by atoms with E-state index < -0.39 is 0 Å². The molecule has 2 saturated heterocycles. The fourth-order valence-electron chi connectivity index (χ4n) is 4.57. The molecule has 3 rings (SSSR count). The summed E-state index contributed by atoms with van der Waals surface area (Å²) >= 11 is 0. The Hall–Kier alpha value is -1.99. The first-order chi connectivity index (χ1) is 14.3. The molecule has 0 saturated carbocycles. The highest BCUT2D eigenvalue weighted by molar-refractivity contribution is 5.81. The Balaban J connectivity index is 1.40. The Bertz CT molecular complexity index is 708. The summed E-state index contributed by atoms with van der Waals surface area (Å²) in [6, 6.07) is 5.93. The van der Waals surface area contributed by atoms with Gasteiger partial charge in [0.1, 0.15) is 5.82 Å². The fraction of sp³-hybridized carbons (Fsp3) is 0.652. The average Bonchev–Trinajstić information content (AvgIpc) is 2.72. The van der Waals surface area contributed by atoms with Gasteiger partial charge >= 0.3 is 0 Å². The second kappa shape index (κ2) is 10.4. The van der Waals surface area contributed by atoms with Crippen molar-refractivity contribution in [3.63, 3.8) is 0 Å². The second-order valence-corrected chi connectivity index (χ2v) is 9.08. The number of piperazine rings is 1. The van der Waals surface area contributed by atoms with E-state index in [4.69, 9.17) is 0 Å². The molecule has 3 atom stereocenters. The molecule has 0 unspecified atom stereocenters. The number of hydrogen-bond acceptors (Lipinski definition) is 4. The zero-order valence-corrected chi connectivity index (χ0v) is 18.4. The molecule has 1 aromatic rings. The Morgan fingerprint density at radius 3 is 2.27 bits per heavy atom. The van der Waals surface area contributed by atoms with Gasteiger partial charge < -0.3 is 10.2 Å². The number of carbonyl (C=O) groups is 2. The number of halogens is 1. The van der Waals surface area contributed by atoms with Crippen molar-refractivity contribution in [3.05, 3.63) is 35.6 Å². The molecule has 6 nitrogen and oxygen atoms in total. The van der Waals surface area contributed by atoms with Crippen LogP contribution in [0.15, 0.2) is 24.3 Å². The molecule has 2 heterocycles. The summed E-state index contributed by atoms with van der Waals surface area (Å²) in [5, 5.41) is 2.93. The summed E-state index contributed by atoms with van der Waals surface area (Å²) < 4.78 is 13.0. The van der Waals surface area contributed by atoms with Crippen LogP contribution in [-0.4, -0.2) is 78.4 Å². The first kappa shape index (κ1) is 22.7. The van der Waals surface area contributed by atoms with E-state index in [0.717, 1.165) is 44.8 Å². The van der Waals surface area contributed by atoms with Gasteiger partial charge in [0.25, 0.3) is 0 Å². The van der Waals surface area contributed by atoms with Crippen LogP contribution in [0.2, 0.25) is 0 Å². The minimum atomic E-state index is -0.279. The van der Waals surface area contributed by atoms with Gasteiger partial charge in [-0.05, 0) is 42.9 Å². The Kier molecular flexibility index (Phi) is 7.83. The summed E-state index contributed by atoms with van der Waals surface area (Å²) in [7, 11) is 0. The second-order valence-electron chi connectivity index (χ2n) is 9.08. The van der Waals surface area contributed by atoms with Crippen molar-refractivity contribution in [2.24, 2.45) is 11.8 Å². The van der Waals surface area contributed by atoms with Crippen LogP contribution in [-0.2, 0) is 16.1 Å². The third-order valence-corrected chi connectivity index (χ3v) is 6.29. The van der Waals surface area contributed by atoms with E-state index in [1.165, 1.54) is 18.6 Å². The SMILES string of the molecule is C[C@@H]1C[C@H](C)CN(C(=O)CN2CCN([C@H](C)C(=O)NCc3ccc(F)cc3)CC2)C1. The number of benzene rings is 1. The minimum Gasteiger partial charge on any atom is -0.351 e. The molecule has 2 amide bonds. The number of amides is 2. The molecule has 0 bridgehead atoms. The van der Waals surface area contributed by atoms with E-state index in [-0.39, 0.29) is 23.7 Å². The van der Waals surface area contributed by atoms with Gasteiger partial charge in [-0.15, -0.1) is 0 Å². The van der Waals surface area contributed by atoms with Gasteiger partial charge in [-0.3, -0.25) is 19.4 Å². The highest BCUT2D eigenvalue weighted by Crippen LogP contribution is 2.21. The van der Waals surface area contributed by atoms with Gasteiger partial charge in [0, 0.05) is 45.8 Å². The Labute approximate surface area is 179 Å². The smallest absolute Gasteiger partial charge is 0.237 e. The van der Waals surface area contributed by atoms with Crippen molar-refractivity contribution in [1.82, 2.24) is 20.0 Å². The predicted molar refractivity (Wildman–Crippen MR) is 115 cm³/mol. The zero-order chi connectivity index (χ0) is 21.7. The number of rotatable bonds is 6. The van der Waals surface area contributed by atoms with Crippen LogP contribution < -0.4 is 5.32 Å². The van der Waals surface area contributed by atoms with Crippen molar-refractivity contribution in [3.8, 4) is 0 Å². The summed E-state index contributed by atoms with van der Waals surface area (Å²) in [5.74, 6) is 1.07. The molecule has 2 fully saturated rings. The standard InChI is InChI=1S/C23H35FN4O2/c1-17-12-18(2)15-28(14-17)22(29)16-26-8-10-27(11-9-26)19(3)23(30)25-13-20-4-6-21(24)7-5-20/h4-7,17-19H,8-16H2,1-3H3,(H,25,30)/t17-,18+,19-/m1/s1. The van der Waals surface area contributed by atoms with Crippen molar-refractivity contribution in [1.29, 1.82) is 0 Å². The monoisotopic (exact) mass is 418 g/mol. The topological polar surface area (TPSA) is 55.9 Å². The molecule has 2 aliphatic heterocycles. The molecule has 0 spiro atoms. The molecule has 166 valence electrons. The van der Waals surface area contributed by atoms with Crippen LogP contribution in [0.3, 0.4) is 0 Å². The number of nitrogens with zero attached hydrogens (tertiary/aromatic N) is 3. The molecule has 30 heavy (non-hydrogen) atoms. The molecule has 0 aromatic heterocycles. The van der Waals surface area contributed by atoms with Gasteiger partial charge in [-0.25, -0.2) is 4.39 Å². The van der Waals surface area contributed by atoms with E-state index >= 15 is 0 Å². The number of hydrogen-bond donors (Lipinski definition) is 1. The lowest BCUT2D eigenvalue weighted by Crippen LogP contribution is -2.55. The lowest BCUT2D eigenvalue weighted by molar-refractivity contribution is -0.136. The predicted octanol–water partition coefficient (Wildman–Crippen LogP) is 1.95. The third kappa shape index (κ3) is 6.25. The third-order valence-electron chi connectivity index (χ3n) is 6.29. The maximum atomic E-state index is 13.0. The molecular weight excluding hydrogens is 383 g/mol. The van der Waals surface area contributed by atoms with Crippen molar-refractivity contribution < 1.29 is 14.0 Å². The summed E-state index contributed by atoms with van der Waals surface area (Å²) in [6.45, 7) is 12.1. The lowest BCUT2D eigenvalue weighted by Gasteiger charge is -2.39. The molecule has 0 aliphatic carbocycles. The molecular formula is C23H35FN4O2. The lowest BCUT2D eigenvalue weighted by atomic mass is 9.92. The van der Waals surface area contributed by atoms with Crippen LogP contribution in [0.25, 0.3) is 0 Å². The molecule has 0 radical (unpaired) electrons. The van der Waals surface area contributed by atoms with Crippen molar-refractivity contribution in [2.45, 2.75) is 39.8 Å². The van der Waals surface area contributed by atoms with Crippen LogP contribution >= 0.6 is 0 Å². The quantitative estimate of drug-likeness (QED) is 0.767. The maximum Gasteiger partial charge on any atom is 0.237 e. The van der Waals surface area contributed by atoms with Gasteiger partial charge in [-0.1, -0.05) is 26.0 Å². The van der Waals surface area contributed by atoms with E-state index in [1.807, 2.05) is 11.8 Å². The van der Waals surface area contributed by atoms with E-state index in [1.54, 1.807) is 12.1 Å². The van der Waals surface area contributed by atoms with Gasteiger partial charge in [-0.2, -0.15) is 0 Å². The first-order valence-corrected chi connectivity index (χ1v) is 11.1. The van der Waals surface area contributed by atoms with E-state index in [9.17, 15) is 14.0 Å². The highest BCUT2D eigenvalue weighted by Gasteiger charge is 2.29. The van der Waals surface area contributed by atoms with Crippen LogP contribution in [0.5, 0.6) is 0 Å². The minimum absolute atomic E-state index is 0.0276. The summed E-state index contributed by atoms with van der Waals surface area (Å²) in [6.07, 6.45) is 1.20. The number of nitrogens with one attached hydrogen (secondary N) is 1. The molecule has 1 N–H and O–H groups in total. The first-order valence-electron chi connectivity index (χ1n) is 11.1. The number of carbonyl (C=O) groups excluding carboxylic acids is 2. The van der Waals surface area contributed by atoms with Gasteiger partial charge in [0.2, 0.25) is 11.8 Å². The normalized spacial score (nSPS) is 24.5. The number of piperidine rings is 1.